The summed E-state index contributed by atoms with van der Waals surface area (Å²) >= 11 is 12.4. The third-order valence-corrected chi connectivity index (χ3v) is 4.04. The Bertz CT molecular complexity index is 657. The molecule has 5 heteroatoms. The zero-order valence-corrected chi connectivity index (χ0v) is 13.9. The van der Waals surface area contributed by atoms with Gasteiger partial charge in [0.25, 0.3) is 0 Å². The molecule has 0 fully saturated rings. The van der Waals surface area contributed by atoms with E-state index in [4.69, 9.17) is 23.2 Å². The maximum absolute atomic E-state index is 12.5. The molecule has 0 saturated heterocycles. The Hall–Kier alpha value is -1.32. The summed E-state index contributed by atoms with van der Waals surface area (Å²) in [7, 11) is 0. The first-order chi connectivity index (χ1) is 9.96. The highest BCUT2D eigenvalue weighted by molar-refractivity contribution is 6.32. The molecule has 2 rings (SSSR count). The Balaban J connectivity index is 2.33. The van der Waals surface area contributed by atoms with Crippen molar-refractivity contribution in [3.05, 3.63) is 50.8 Å². The molecule has 1 aromatic heterocycles. The van der Waals surface area contributed by atoms with Crippen LogP contribution in [0.1, 0.15) is 41.2 Å². The van der Waals surface area contributed by atoms with Crippen molar-refractivity contribution < 1.29 is 4.79 Å². The van der Waals surface area contributed by atoms with Crippen molar-refractivity contribution in [3.8, 4) is 0 Å². The number of benzene rings is 1. The molecule has 0 spiro atoms. The number of hydrogen-bond donors (Lipinski definition) is 0. The SMILES string of the molecule is CCc1nn(CC)c(CC(=O)c2cc(C)cc(Cl)c2)c1Cl. The standard InChI is InChI=1S/C16H18Cl2N2O/c1-4-13-16(18)14(20(5-2)19-13)9-15(21)11-6-10(3)7-12(17)8-11/h6-8H,4-5,9H2,1-3H3. The van der Waals surface area contributed by atoms with Crippen LogP contribution in [0, 0.1) is 6.92 Å². The van der Waals surface area contributed by atoms with Gasteiger partial charge in [-0.3, -0.25) is 9.48 Å². The Morgan fingerprint density at radius 1 is 1.24 bits per heavy atom. The van der Waals surface area contributed by atoms with Crippen molar-refractivity contribution in [1.82, 2.24) is 9.78 Å². The Morgan fingerprint density at radius 3 is 2.52 bits per heavy atom. The first kappa shape index (κ1) is 16.1. The van der Waals surface area contributed by atoms with Crippen molar-refractivity contribution in [1.29, 1.82) is 0 Å². The monoisotopic (exact) mass is 324 g/mol. The molecular weight excluding hydrogens is 307 g/mol. The highest BCUT2D eigenvalue weighted by Gasteiger charge is 2.18. The summed E-state index contributed by atoms with van der Waals surface area (Å²) in [5.41, 5.74) is 3.19. The number of aryl methyl sites for hydroxylation is 3. The Morgan fingerprint density at radius 2 is 1.95 bits per heavy atom. The van der Waals surface area contributed by atoms with Crippen LogP contribution in [-0.4, -0.2) is 15.6 Å². The molecule has 0 amide bonds. The molecule has 21 heavy (non-hydrogen) atoms. The Kier molecular flexibility index (Phi) is 5.07. The minimum atomic E-state index is -0.000229. The molecule has 2 aromatic rings. The molecule has 3 nitrogen and oxygen atoms in total. The number of nitrogens with zero attached hydrogens (tertiary/aromatic N) is 2. The van der Waals surface area contributed by atoms with Gasteiger partial charge in [0.05, 0.1) is 22.8 Å². The molecule has 0 N–H and O–H groups in total. The number of carbonyl (C=O) groups excluding carboxylic acids is 1. The summed E-state index contributed by atoms with van der Waals surface area (Å²) in [5, 5.41) is 5.61. The van der Waals surface area contributed by atoms with E-state index in [1.165, 1.54) is 0 Å². The van der Waals surface area contributed by atoms with E-state index in [9.17, 15) is 4.79 Å². The van der Waals surface area contributed by atoms with E-state index in [1.54, 1.807) is 10.7 Å². The summed E-state index contributed by atoms with van der Waals surface area (Å²) in [6.45, 7) is 6.60. The third-order valence-electron chi connectivity index (χ3n) is 3.39. The van der Waals surface area contributed by atoms with E-state index in [0.29, 0.717) is 22.2 Å². The molecule has 0 radical (unpaired) electrons. The van der Waals surface area contributed by atoms with Crippen LogP contribution in [-0.2, 0) is 19.4 Å². The number of Topliss-reactive ketones (excluding diaryl/α,β-unsaturated/α-hetero) is 1. The van der Waals surface area contributed by atoms with Gasteiger partial charge in [-0.1, -0.05) is 30.1 Å². The quantitative estimate of drug-likeness (QED) is 0.758. The highest BCUT2D eigenvalue weighted by atomic mass is 35.5. The second-order valence-corrected chi connectivity index (χ2v) is 5.81. The zero-order chi connectivity index (χ0) is 15.6. The van der Waals surface area contributed by atoms with Gasteiger partial charge < -0.3 is 0 Å². The summed E-state index contributed by atoms with van der Waals surface area (Å²) in [6.07, 6.45) is 0.989. The van der Waals surface area contributed by atoms with Crippen LogP contribution < -0.4 is 0 Å². The van der Waals surface area contributed by atoms with E-state index in [0.717, 1.165) is 23.4 Å². The lowest BCUT2D eigenvalue weighted by molar-refractivity contribution is 0.0990. The molecule has 0 bridgehead atoms. The van der Waals surface area contributed by atoms with Crippen LogP contribution >= 0.6 is 23.2 Å². The van der Waals surface area contributed by atoms with Gasteiger partial charge in [-0.05, 0) is 44.0 Å². The largest absolute Gasteiger partial charge is 0.294 e. The number of aromatic nitrogens is 2. The van der Waals surface area contributed by atoms with Gasteiger partial charge in [0.2, 0.25) is 0 Å². The smallest absolute Gasteiger partial charge is 0.168 e. The fourth-order valence-electron chi connectivity index (χ4n) is 2.34. The van der Waals surface area contributed by atoms with E-state index in [2.05, 4.69) is 5.10 Å². The van der Waals surface area contributed by atoms with Gasteiger partial charge in [0.1, 0.15) is 0 Å². The second-order valence-electron chi connectivity index (χ2n) is 4.99. The van der Waals surface area contributed by atoms with Gasteiger partial charge in [-0.2, -0.15) is 5.10 Å². The number of halogens is 2. The minimum absolute atomic E-state index is 0.000229. The molecule has 0 aliphatic carbocycles. The van der Waals surface area contributed by atoms with Gasteiger partial charge in [0, 0.05) is 17.1 Å². The fraction of sp³-hybridized carbons (Fsp3) is 0.375. The van der Waals surface area contributed by atoms with Crippen molar-refractivity contribution >= 4 is 29.0 Å². The van der Waals surface area contributed by atoms with Crippen molar-refractivity contribution in [2.24, 2.45) is 0 Å². The fourth-order valence-corrected chi connectivity index (χ4v) is 2.96. The van der Waals surface area contributed by atoms with Gasteiger partial charge in [-0.15, -0.1) is 0 Å². The van der Waals surface area contributed by atoms with Crippen LogP contribution in [0.3, 0.4) is 0 Å². The van der Waals surface area contributed by atoms with Crippen molar-refractivity contribution in [3.63, 3.8) is 0 Å². The van der Waals surface area contributed by atoms with Crippen molar-refractivity contribution in [2.75, 3.05) is 0 Å². The van der Waals surface area contributed by atoms with Crippen LogP contribution in [0.5, 0.6) is 0 Å². The lowest BCUT2D eigenvalue weighted by Gasteiger charge is -2.06. The molecule has 0 aliphatic heterocycles. The average molecular weight is 325 g/mol. The van der Waals surface area contributed by atoms with E-state index >= 15 is 0 Å². The number of ketones is 1. The lowest BCUT2D eigenvalue weighted by atomic mass is 10.0. The summed E-state index contributed by atoms with van der Waals surface area (Å²) in [4.78, 5) is 12.5. The molecule has 0 unspecified atom stereocenters. The van der Waals surface area contributed by atoms with Crippen LogP contribution in [0.25, 0.3) is 0 Å². The second kappa shape index (κ2) is 6.63. The average Bonchev–Trinajstić information content (AvgIpc) is 2.74. The summed E-state index contributed by atoms with van der Waals surface area (Å²) in [5.74, 6) is -0.000229. The molecule has 112 valence electrons. The minimum Gasteiger partial charge on any atom is -0.294 e. The highest BCUT2D eigenvalue weighted by Crippen LogP contribution is 2.24. The number of carbonyl (C=O) groups is 1. The molecule has 0 atom stereocenters. The summed E-state index contributed by atoms with van der Waals surface area (Å²) in [6, 6.07) is 5.37. The maximum Gasteiger partial charge on any atom is 0.168 e. The van der Waals surface area contributed by atoms with Crippen LogP contribution in [0.2, 0.25) is 10.0 Å². The number of rotatable bonds is 5. The van der Waals surface area contributed by atoms with Gasteiger partial charge in [-0.25, -0.2) is 0 Å². The molecule has 0 aliphatic rings. The lowest BCUT2D eigenvalue weighted by Crippen LogP contribution is -2.10. The maximum atomic E-state index is 12.5. The first-order valence-corrected chi connectivity index (χ1v) is 7.76. The van der Waals surface area contributed by atoms with E-state index in [-0.39, 0.29) is 12.2 Å². The predicted octanol–water partition coefficient (Wildman–Crippen LogP) is 4.51. The summed E-state index contributed by atoms with van der Waals surface area (Å²) < 4.78 is 1.80. The molecular formula is C16H18Cl2N2O. The predicted molar refractivity (Wildman–Crippen MR) is 86.5 cm³/mol. The van der Waals surface area contributed by atoms with Crippen molar-refractivity contribution in [2.45, 2.75) is 40.2 Å². The van der Waals surface area contributed by atoms with Crippen LogP contribution in [0.4, 0.5) is 0 Å². The molecule has 1 heterocycles. The van der Waals surface area contributed by atoms with E-state index < -0.39 is 0 Å². The topological polar surface area (TPSA) is 34.9 Å². The zero-order valence-electron chi connectivity index (χ0n) is 12.4. The normalized spacial score (nSPS) is 10.9. The third kappa shape index (κ3) is 3.47. The molecule has 1 aromatic carbocycles. The van der Waals surface area contributed by atoms with Crippen LogP contribution in [0.15, 0.2) is 18.2 Å². The first-order valence-electron chi connectivity index (χ1n) is 7.00. The Labute approximate surface area is 134 Å². The molecule has 0 saturated carbocycles. The number of hydrogen-bond acceptors (Lipinski definition) is 2. The van der Waals surface area contributed by atoms with Gasteiger partial charge in [0.15, 0.2) is 5.78 Å². The van der Waals surface area contributed by atoms with Gasteiger partial charge >= 0.3 is 0 Å². The van der Waals surface area contributed by atoms with E-state index in [1.807, 2.05) is 32.9 Å².